The highest BCUT2D eigenvalue weighted by molar-refractivity contribution is 5.94. The van der Waals surface area contributed by atoms with Gasteiger partial charge in [-0.25, -0.2) is 9.37 Å². The van der Waals surface area contributed by atoms with E-state index in [0.29, 0.717) is 17.2 Å². The van der Waals surface area contributed by atoms with Crippen molar-refractivity contribution in [2.75, 3.05) is 26.2 Å². The van der Waals surface area contributed by atoms with Crippen molar-refractivity contribution in [3.63, 3.8) is 0 Å². The number of nitrogens with zero attached hydrogens (tertiary/aromatic N) is 3. The van der Waals surface area contributed by atoms with E-state index < -0.39 is 0 Å². The molecule has 2 heterocycles. The van der Waals surface area contributed by atoms with Crippen LogP contribution in [0.5, 0.6) is 11.6 Å². The van der Waals surface area contributed by atoms with Gasteiger partial charge in [0.2, 0.25) is 5.88 Å². The van der Waals surface area contributed by atoms with Gasteiger partial charge in [0.1, 0.15) is 11.6 Å². The number of ether oxygens (including phenoxy) is 1. The second-order valence-electron chi connectivity index (χ2n) is 6.86. The van der Waals surface area contributed by atoms with Gasteiger partial charge < -0.3 is 9.64 Å². The predicted molar refractivity (Wildman–Crippen MR) is 95.8 cm³/mol. The van der Waals surface area contributed by atoms with E-state index in [4.69, 9.17) is 4.74 Å². The van der Waals surface area contributed by atoms with E-state index in [0.717, 1.165) is 38.6 Å². The van der Waals surface area contributed by atoms with Gasteiger partial charge in [0.25, 0.3) is 5.91 Å². The number of rotatable bonds is 4. The second-order valence-corrected chi connectivity index (χ2v) is 6.86. The van der Waals surface area contributed by atoms with Crippen LogP contribution in [0, 0.1) is 5.82 Å². The monoisotopic (exact) mass is 355 g/mol. The quantitative estimate of drug-likeness (QED) is 0.844. The molecular weight excluding hydrogens is 333 g/mol. The van der Waals surface area contributed by atoms with Crippen LogP contribution in [0.1, 0.15) is 29.6 Å². The lowest BCUT2D eigenvalue weighted by atomic mass is 10.2. The van der Waals surface area contributed by atoms with Crippen LogP contribution in [-0.4, -0.2) is 52.9 Å². The highest BCUT2D eigenvalue weighted by Crippen LogP contribution is 2.27. The molecule has 2 aromatic rings. The van der Waals surface area contributed by atoms with Gasteiger partial charge in [-0.15, -0.1) is 0 Å². The van der Waals surface area contributed by atoms with E-state index in [-0.39, 0.29) is 11.7 Å². The van der Waals surface area contributed by atoms with Gasteiger partial charge in [-0.3, -0.25) is 9.69 Å². The topological polar surface area (TPSA) is 45.7 Å². The Bertz CT molecular complexity index is 777. The average molecular weight is 355 g/mol. The largest absolute Gasteiger partial charge is 0.439 e. The molecule has 4 rings (SSSR count). The van der Waals surface area contributed by atoms with E-state index in [9.17, 15) is 9.18 Å². The van der Waals surface area contributed by atoms with Crippen molar-refractivity contribution < 1.29 is 13.9 Å². The zero-order valence-corrected chi connectivity index (χ0v) is 14.6. The van der Waals surface area contributed by atoms with Crippen LogP contribution in [0.15, 0.2) is 42.6 Å². The van der Waals surface area contributed by atoms with Gasteiger partial charge in [0.15, 0.2) is 0 Å². The number of hydrogen-bond acceptors (Lipinski definition) is 4. The van der Waals surface area contributed by atoms with Gasteiger partial charge in [-0.1, -0.05) is 6.07 Å². The summed E-state index contributed by atoms with van der Waals surface area (Å²) in [6, 6.07) is 9.99. The number of amides is 1. The number of carbonyl (C=O) groups is 1. The maximum Gasteiger partial charge on any atom is 0.255 e. The third kappa shape index (κ3) is 4.02. The first-order chi connectivity index (χ1) is 12.7. The van der Waals surface area contributed by atoms with Crippen LogP contribution in [0.25, 0.3) is 0 Å². The molecule has 6 heteroatoms. The zero-order chi connectivity index (χ0) is 17.9. The van der Waals surface area contributed by atoms with Crippen LogP contribution < -0.4 is 4.74 Å². The van der Waals surface area contributed by atoms with Crippen LogP contribution in [-0.2, 0) is 0 Å². The normalized spacial score (nSPS) is 18.4. The van der Waals surface area contributed by atoms with Crippen LogP contribution in [0.3, 0.4) is 0 Å². The molecule has 1 aliphatic heterocycles. The standard InChI is InChI=1S/C20H22FN3O2/c21-16-3-1-4-18(13-16)26-19-8-5-15(14-22-19)20(25)24-10-2-9-23(11-12-24)17-6-7-17/h1,3-5,8,13-14,17H,2,6-7,9-12H2. The highest BCUT2D eigenvalue weighted by atomic mass is 19.1. The Kier molecular flexibility index (Phi) is 4.84. The second kappa shape index (κ2) is 7.41. The number of carbonyl (C=O) groups excluding carboxylic acids is 1. The molecule has 0 N–H and O–H groups in total. The minimum absolute atomic E-state index is 0.00690. The van der Waals surface area contributed by atoms with Crippen LogP contribution >= 0.6 is 0 Å². The predicted octanol–water partition coefficient (Wildman–Crippen LogP) is 3.32. The summed E-state index contributed by atoms with van der Waals surface area (Å²) in [4.78, 5) is 21.3. The van der Waals surface area contributed by atoms with E-state index in [1.165, 1.54) is 31.2 Å². The minimum atomic E-state index is -0.365. The molecular formula is C20H22FN3O2. The summed E-state index contributed by atoms with van der Waals surface area (Å²) in [5.74, 6) is 0.357. The Hall–Kier alpha value is -2.47. The third-order valence-corrected chi connectivity index (χ3v) is 4.88. The molecule has 5 nitrogen and oxygen atoms in total. The lowest BCUT2D eigenvalue weighted by Gasteiger charge is -2.21. The fourth-order valence-electron chi connectivity index (χ4n) is 3.35. The molecule has 1 saturated heterocycles. The number of pyridine rings is 1. The SMILES string of the molecule is O=C(c1ccc(Oc2cccc(F)c2)nc1)N1CCCN(C2CC2)CC1. The summed E-state index contributed by atoms with van der Waals surface area (Å²) in [6.07, 6.45) is 5.13. The first-order valence-corrected chi connectivity index (χ1v) is 9.12. The van der Waals surface area contributed by atoms with Gasteiger partial charge in [0.05, 0.1) is 5.56 Å². The van der Waals surface area contributed by atoms with Gasteiger partial charge in [0, 0.05) is 50.6 Å². The van der Waals surface area contributed by atoms with Gasteiger partial charge in [-0.2, -0.15) is 0 Å². The fraction of sp³-hybridized carbons (Fsp3) is 0.400. The summed E-state index contributed by atoms with van der Waals surface area (Å²) < 4.78 is 18.7. The molecule has 1 saturated carbocycles. The summed E-state index contributed by atoms with van der Waals surface area (Å²) in [5, 5.41) is 0. The highest BCUT2D eigenvalue weighted by Gasteiger charge is 2.31. The molecule has 0 unspecified atom stereocenters. The average Bonchev–Trinajstić information content (AvgIpc) is 3.48. The van der Waals surface area contributed by atoms with Crippen LogP contribution in [0.4, 0.5) is 4.39 Å². The number of benzene rings is 1. The van der Waals surface area contributed by atoms with Crippen LogP contribution in [0.2, 0.25) is 0 Å². The van der Waals surface area contributed by atoms with Crippen molar-refractivity contribution >= 4 is 5.91 Å². The van der Waals surface area contributed by atoms with Crippen molar-refractivity contribution in [3.8, 4) is 11.6 Å². The lowest BCUT2D eigenvalue weighted by Crippen LogP contribution is -2.35. The van der Waals surface area contributed by atoms with E-state index >= 15 is 0 Å². The molecule has 2 fully saturated rings. The van der Waals surface area contributed by atoms with Crippen molar-refractivity contribution in [3.05, 3.63) is 54.0 Å². The first-order valence-electron chi connectivity index (χ1n) is 9.12. The molecule has 1 aromatic heterocycles. The summed E-state index contributed by atoms with van der Waals surface area (Å²) in [5.41, 5.74) is 0.552. The molecule has 1 aromatic carbocycles. The Morgan fingerprint density at radius 1 is 1.12 bits per heavy atom. The molecule has 2 aliphatic rings. The lowest BCUT2D eigenvalue weighted by molar-refractivity contribution is 0.0760. The van der Waals surface area contributed by atoms with Gasteiger partial charge >= 0.3 is 0 Å². The Balaban J connectivity index is 1.38. The molecule has 136 valence electrons. The maximum absolute atomic E-state index is 13.2. The van der Waals surface area contributed by atoms with Gasteiger partial charge in [-0.05, 0) is 37.5 Å². The number of aromatic nitrogens is 1. The summed E-state index contributed by atoms with van der Waals surface area (Å²) in [6.45, 7) is 3.57. The molecule has 1 amide bonds. The Morgan fingerprint density at radius 2 is 2.00 bits per heavy atom. The number of halogens is 1. The van der Waals surface area contributed by atoms with E-state index in [1.807, 2.05) is 4.90 Å². The maximum atomic E-state index is 13.2. The molecule has 1 aliphatic carbocycles. The van der Waals surface area contributed by atoms with E-state index in [2.05, 4.69) is 9.88 Å². The molecule has 0 spiro atoms. The number of hydrogen-bond donors (Lipinski definition) is 0. The first kappa shape index (κ1) is 17.0. The minimum Gasteiger partial charge on any atom is -0.439 e. The summed E-state index contributed by atoms with van der Waals surface area (Å²) in [7, 11) is 0. The zero-order valence-electron chi connectivity index (χ0n) is 14.6. The smallest absolute Gasteiger partial charge is 0.255 e. The third-order valence-electron chi connectivity index (χ3n) is 4.88. The molecule has 0 atom stereocenters. The van der Waals surface area contributed by atoms with E-state index in [1.54, 1.807) is 24.3 Å². The van der Waals surface area contributed by atoms with Crippen molar-refractivity contribution in [1.82, 2.24) is 14.8 Å². The fourth-order valence-corrected chi connectivity index (χ4v) is 3.35. The Morgan fingerprint density at radius 3 is 2.73 bits per heavy atom. The van der Waals surface area contributed by atoms with Crippen molar-refractivity contribution in [2.45, 2.75) is 25.3 Å². The summed E-state index contributed by atoms with van der Waals surface area (Å²) >= 11 is 0. The molecule has 26 heavy (non-hydrogen) atoms. The van der Waals surface area contributed by atoms with Crippen molar-refractivity contribution in [1.29, 1.82) is 0 Å². The molecule has 0 bridgehead atoms. The Labute approximate surface area is 152 Å². The van der Waals surface area contributed by atoms with Crippen molar-refractivity contribution in [2.24, 2.45) is 0 Å². The molecule has 0 radical (unpaired) electrons.